The molecular formula is C16H30N4O. The summed E-state index contributed by atoms with van der Waals surface area (Å²) < 4.78 is 5.14. The van der Waals surface area contributed by atoms with Gasteiger partial charge in [-0.05, 0) is 52.4 Å². The Balaban J connectivity index is 2.45. The lowest BCUT2D eigenvalue weighted by molar-refractivity contribution is 0.181. The number of hydrogen-bond acceptors (Lipinski definition) is 5. The van der Waals surface area contributed by atoms with Crippen LogP contribution < -0.4 is 5.32 Å². The van der Waals surface area contributed by atoms with E-state index in [1.165, 1.54) is 6.42 Å². The summed E-state index contributed by atoms with van der Waals surface area (Å²) in [4.78, 5) is 11.4. The summed E-state index contributed by atoms with van der Waals surface area (Å²) in [5, 5.41) is 3.39. The minimum absolute atomic E-state index is 0.373. The van der Waals surface area contributed by atoms with E-state index in [1.807, 2.05) is 13.0 Å². The van der Waals surface area contributed by atoms with Gasteiger partial charge in [0.15, 0.2) is 0 Å². The summed E-state index contributed by atoms with van der Waals surface area (Å²) in [7, 11) is 1.68. The highest BCUT2D eigenvalue weighted by molar-refractivity contribution is 5.28. The zero-order valence-corrected chi connectivity index (χ0v) is 14.1. The van der Waals surface area contributed by atoms with Crippen molar-refractivity contribution >= 4 is 5.95 Å². The number of anilines is 1. The summed E-state index contributed by atoms with van der Waals surface area (Å²) in [6, 6.07) is 2.33. The van der Waals surface area contributed by atoms with Crippen LogP contribution in [0.2, 0.25) is 0 Å². The number of nitrogens with one attached hydrogen (secondary N) is 1. The molecule has 0 aromatic carbocycles. The molecule has 0 aliphatic carbocycles. The van der Waals surface area contributed by atoms with Crippen LogP contribution in [-0.2, 0) is 11.3 Å². The first kappa shape index (κ1) is 17.9. The second-order valence-electron chi connectivity index (χ2n) is 5.47. The van der Waals surface area contributed by atoms with Gasteiger partial charge in [-0.3, -0.25) is 0 Å². The normalized spacial score (nSPS) is 12.7. The van der Waals surface area contributed by atoms with Crippen LogP contribution in [0, 0.1) is 6.92 Å². The van der Waals surface area contributed by atoms with E-state index in [2.05, 4.69) is 41.0 Å². The maximum atomic E-state index is 5.14. The van der Waals surface area contributed by atoms with Crippen molar-refractivity contribution in [2.24, 2.45) is 0 Å². The lowest BCUT2D eigenvalue weighted by atomic mass is 10.2. The van der Waals surface area contributed by atoms with Crippen molar-refractivity contribution in [3.05, 3.63) is 17.5 Å². The van der Waals surface area contributed by atoms with Gasteiger partial charge >= 0.3 is 0 Å². The van der Waals surface area contributed by atoms with Crippen LogP contribution >= 0.6 is 0 Å². The van der Waals surface area contributed by atoms with Gasteiger partial charge in [0.2, 0.25) is 5.95 Å². The monoisotopic (exact) mass is 294 g/mol. The number of ether oxygens (including phenoxy) is 1. The molecule has 0 spiro atoms. The van der Waals surface area contributed by atoms with E-state index in [0.717, 1.165) is 37.4 Å². The van der Waals surface area contributed by atoms with Crippen LogP contribution in [0.4, 0.5) is 5.95 Å². The molecule has 0 saturated heterocycles. The molecule has 0 radical (unpaired) electrons. The Bertz CT molecular complexity index is 407. The van der Waals surface area contributed by atoms with E-state index < -0.39 is 0 Å². The average Bonchev–Trinajstić information content (AvgIpc) is 2.43. The first-order valence-corrected chi connectivity index (χ1v) is 7.91. The molecule has 5 heteroatoms. The number of hydrogen-bond donors (Lipinski definition) is 1. The van der Waals surface area contributed by atoms with Gasteiger partial charge in [-0.15, -0.1) is 0 Å². The van der Waals surface area contributed by atoms with Crippen molar-refractivity contribution in [2.75, 3.05) is 32.1 Å². The van der Waals surface area contributed by atoms with E-state index in [1.54, 1.807) is 7.11 Å². The predicted octanol–water partition coefficient (Wildman–Crippen LogP) is 2.85. The lowest BCUT2D eigenvalue weighted by Crippen LogP contribution is -2.26. The van der Waals surface area contributed by atoms with Crippen LogP contribution in [0.25, 0.3) is 0 Å². The third-order valence-corrected chi connectivity index (χ3v) is 3.58. The summed E-state index contributed by atoms with van der Waals surface area (Å²) in [5.41, 5.74) is 1.89. The molecule has 21 heavy (non-hydrogen) atoms. The van der Waals surface area contributed by atoms with Gasteiger partial charge < -0.3 is 15.0 Å². The molecule has 1 aromatic rings. The first-order chi connectivity index (χ1) is 10.1. The number of aromatic nitrogens is 2. The molecule has 0 fully saturated rings. The van der Waals surface area contributed by atoms with Gasteiger partial charge in [-0.25, -0.2) is 9.97 Å². The van der Waals surface area contributed by atoms with Crippen LogP contribution in [0.3, 0.4) is 0 Å². The van der Waals surface area contributed by atoms with Crippen molar-refractivity contribution in [2.45, 2.75) is 53.2 Å². The Kier molecular flexibility index (Phi) is 8.23. The number of rotatable bonds is 10. The second-order valence-corrected chi connectivity index (χ2v) is 5.47. The standard InChI is InChI=1S/C16H30N4O/c1-6-20(7-2)10-8-9-13(3)17-16-18-14(4)11-15(19-16)12-21-5/h11,13H,6-10,12H2,1-5H3,(H,17,18,19)/t13-/m1/s1. The highest BCUT2D eigenvalue weighted by atomic mass is 16.5. The number of nitrogens with zero attached hydrogens (tertiary/aromatic N) is 3. The molecule has 0 aliphatic heterocycles. The Morgan fingerprint density at radius 3 is 2.62 bits per heavy atom. The van der Waals surface area contributed by atoms with Crippen molar-refractivity contribution in [3.8, 4) is 0 Å². The second kappa shape index (κ2) is 9.68. The quantitative estimate of drug-likeness (QED) is 0.719. The fourth-order valence-electron chi connectivity index (χ4n) is 2.37. The van der Waals surface area contributed by atoms with Crippen LogP contribution in [-0.4, -0.2) is 47.7 Å². The molecule has 0 unspecified atom stereocenters. The Hall–Kier alpha value is -1.20. The van der Waals surface area contributed by atoms with Gasteiger partial charge in [0.05, 0.1) is 12.3 Å². The average molecular weight is 294 g/mol. The fourth-order valence-corrected chi connectivity index (χ4v) is 2.37. The lowest BCUT2D eigenvalue weighted by Gasteiger charge is -2.20. The van der Waals surface area contributed by atoms with Crippen molar-refractivity contribution in [3.63, 3.8) is 0 Å². The molecule has 0 aliphatic rings. The Morgan fingerprint density at radius 1 is 1.29 bits per heavy atom. The summed E-state index contributed by atoms with van der Waals surface area (Å²) >= 11 is 0. The molecule has 1 heterocycles. The smallest absolute Gasteiger partial charge is 0.223 e. The predicted molar refractivity (Wildman–Crippen MR) is 87.6 cm³/mol. The molecule has 0 amide bonds. The zero-order chi connectivity index (χ0) is 15.7. The number of aryl methyl sites for hydroxylation is 1. The summed E-state index contributed by atoms with van der Waals surface area (Å²) in [6.45, 7) is 12.5. The third kappa shape index (κ3) is 6.87. The maximum Gasteiger partial charge on any atom is 0.223 e. The van der Waals surface area contributed by atoms with Crippen molar-refractivity contribution in [1.82, 2.24) is 14.9 Å². The molecular weight excluding hydrogens is 264 g/mol. The van der Waals surface area contributed by atoms with Gasteiger partial charge in [-0.1, -0.05) is 13.8 Å². The minimum atomic E-state index is 0.373. The van der Waals surface area contributed by atoms with E-state index in [9.17, 15) is 0 Å². The molecule has 1 atom stereocenters. The van der Waals surface area contributed by atoms with Gasteiger partial charge in [0.1, 0.15) is 0 Å². The molecule has 1 N–H and O–H groups in total. The summed E-state index contributed by atoms with van der Waals surface area (Å²) in [5.74, 6) is 0.706. The molecule has 0 saturated carbocycles. The molecule has 120 valence electrons. The van der Waals surface area contributed by atoms with Gasteiger partial charge in [-0.2, -0.15) is 0 Å². The Morgan fingerprint density at radius 2 is 2.00 bits per heavy atom. The molecule has 1 aromatic heterocycles. The van der Waals surface area contributed by atoms with Gasteiger partial charge in [0.25, 0.3) is 0 Å². The Labute approximate surface area is 129 Å². The topological polar surface area (TPSA) is 50.3 Å². The van der Waals surface area contributed by atoms with E-state index in [4.69, 9.17) is 4.74 Å². The molecule has 1 rings (SSSR count). The highest BCUT2D eigenvalue weighted by Gasteiger charge is 2.07. The fraction of sp³-hybridized carbons (Fsp3) is 0.750. The molecule has 0 bridgehead atoms. The van der Waals surface area contributed by atoms with Gasteiger partial charge in [0, 0.05) is 18.8 Å². The third-order valence-electron chi connectivity index (χ3n) is 3.58. The van der Waals surface area contributed by atoms with Crippen LogP contribution in [0.15, 0.2) is 6.07 Å². The van der Waals surface area contributed by atoms with E-state index >= 15 is 0 Å². The number of methoxy groups -OCH3 is 1. The first-order valence-electron chi connectivity index (χ1n) is 7.91. The van der Waals surface area contributed by atoms with Crippen molar-refractivity contribution < 1.29 is 4.74 Å². The zero-order valence-electron chi connectivity index (χ0n) is 14.1. The van der Waals surface area contributed by atoms with E-state index in [-0.39, 0.29) is 0 Å². The molecule has 5 nitrogen and oxygen atoms in total. The minimum Gasteiger partial charge on any atom is -0.378 e. The maximum absolute atomic E-state index is 5.14. The van der Waals surface area contributed by atoms with E-state index in [0.29, 0.717) is 18.6 Å². The van der Waals surface area contributed by atoms with Crippen LogP contribution in [0.5, 0.6) is 0 Å². The van der Waals surface area contributed by atoms with Crippen molar-refractivity contribution in [1.29, 1.82) is 0 Å². The SMILES string of the molecule is CCN(CC)CCC[C@@H](C)Nc1nc(C)cc(COC)n1. The highest BCUT2D eigenvalue weighted by Crippen LogP contribution is 2.09. The summed E-state index contributed by atoms with van der Waals surface area (Å²) in [6.07, 6.45) is 2.31. The largest absolute Gasteiger partial charge is 0.378 e. The van der Waals surface area contributed by atoms with Crippen LogP contribution in [0.1, 0.15) is 45.0 Å².